The van der Waals surface area contributed by atoms with Crippen molar-refractivity contribution in [2.75, 3.05) is 14.2 Å². The van der Waals surface area contributed by atoms with E-state index in [0.717, 1.165) is 12.4 Å². The minimum absolute atomic E-state index is 0. The minimum atomic E-state index is -0.385. The topological polar surface area (TPSA) is 75.9 Å². The maximum Gasteiger partial charge on any atom is 0.341 e. The van der Waals surface area contributed by atoms with E-state index < -0.39 is 0 Å². The fourth-order valence-electron chi connectivity index (χ4n) is 2.31. The summed E-state index contributed by atoms with van der Waals surface area (Å²) >= 11 is 0. The molecule has 0 saturated heterocycles. The second kappa shape index (κ2) is 12.2. The molecular formula is C17H30IN3O3. The summed E-state index contributed by atoms with van der Waals surface area (Å²) in [5.41, 5.74) is 0.459. The fraction of sp³-hybridized carbons (Fsp3) is 0.647. The summed E-state index contributed by atoms with van der Waals surface area (Å²) < 4.78 is 10.3. The van der Waals surface area contributed by atoms with Gasteiger partial charge in [0.15, 0.2) is 5.96 Å². The van der Waals surface area contributed by atoms with Crippen LogP contribution in [0.15, 0.2) is 15.5 Å². The number of methoxy groups -OCH3 is 1. The first kappa shape index (κ1) is 22.8. The summed E-state index contributed by atoms with van der Waals surface area (Å²) in [7, 11) is 3.10. The van der Waals surface area contributed by atoms with Gasteiger partial charge in [-0.1, -0.05) is 26.2 Å². The van der Waals surface area contributed by atoms with Crippen molar-refractivity contribution >= 4 is 35.9 Å². The molecule has 24 heavy (non-hydrogen) atoms. The van der Waals surface area contributed by atoms with Crippen LogP contribution in [0, 0.1) is 6.92 Å². The van der Waals surface area contributed by atoms with E-state index in [1.165, 1.54) is 26.4 Å². The Bertz CT molecular complexity index is 529. The Morgan fingerprint density at radius 2 is 2.12 bits per heavy atom. The van der Waals surface area contributed by atoms with Crippen LogP contribution in [-0.4, -0.2) is 32.1 Å². The van der Waals surface area contributed by atoms with Gasteiger partial charge in [-0.05, 0) is 26.3 Å². The molecule has 6 nitrogen and oxygen atoms in total. The Kier molecular flexibility index (Phi) is 11.5. The number of nitrogens with one attached hydrogen (secondary N) is 2. The van der Waals surface area contributed by atoms with Crippen LogP contribution in [-0.2, 0) is 11.3 Å². The monoisotopic (exact) mass is 451 g/mol. The number of nitrogens with zero attached hydrogens (tertiary/aromatic N) is 1. The van der Waals surface area contributed by atoms with Gasteiger partial charge in [0.2, 0.25) is 0 Å². The number of unbranched alkanes of at least 4 members (excludes halogenated alkanes) is 2. The van der Waals surface area contributed by atoms with Gasteiger partial charge in [-0.2, -0.15) is 0 Å². The smallest absolute Gasteiger partial charge is 0.341 e. The van der Waals surface area contributed by atoms with Gasteiger partial charge in [-0.3, -0.25) is 4.99 Å². The molecular weight excluding hydrogens is 421 g/mol. The lowest BCUT2D eigenvalue weighted by Crippen LogP contribution is -2.41. The van der Waals surface area contributed by atoms with Crippen molar-refractivity contribution in [1.29, 1.82) is 0 Å². The van der Waals surface area contributed by atoms with E-state index in [9.17, 15) is 4.79 Å². The van der Waals surface area contributed by atoms with Gasteiger partial charge in [-0.25, -0.2) is 4.79 Å². The van der Waals surface area contributed by atoms with Crippen LogP contribution in [0.3, 0.4) is 0 Å². The maximum absolute atomic E-state index is 11.6. The first-order valence-electron chi connectivity index (χ1n) is 8.16. The molecule has 138 valence electrons. The number of hydrogen-bond acceptors (Lipinski definition) is 4. The van der Waals surface area contributed by atoms with Crippen LogP contribution in [0.4, 0.5) is 0 Å². The molecule has 0 bridgehead atoms. The van der Waals surface area contributed by atoms with Crippen LogP contribution in [0.1, 0.15) is 61.4 Å². The molecule has 0 aliphatic heterocycles. The lowest BCUT2D eigenvalue weighted by Gasteiger charge is -2.17. The van der Waals surface area contributed by atoms with Gasteiger partial charge in [0.05, 0.1) is 13.7 Å². The molecule has 0 aliphatic rings. The summed E-state index contributed by atoms with van der Waals surface area (Å²) in [5.74, 6) is 1.57. The van der Waals surface area contributed by atoms with Gasteiger partial charge in [0, 0.05) is 13.1 Å². The minimum Gasteiger partial charge on any atom is -0.465 e. The highest BCUT2D eigenvalue weighted by Crippen LogP contribution is 2.15. The Hall–Kier alpha value is -1.25. The van der Waals surface area contributed by atoms with Crippen molar-refractivity contribution in [3.8, 4) is 0 Å². The molecule has 0 radical (unpaired) electrons. The van der Waals surface area contributed by atoms with E-state index in [0.29, 0.717) is 29.7 Å². The van der Waals surface area contributed by atoms with Crippen LogP contribution in [0.5, 0.6) is 0 Å². The number of aryl methyl sites for hydroxylation is 1. The van der Waals surface area contributed by atoms with Crippen molar-refractivity contribution in [3.05, 3.63) is 23.2 Å². The number of ether oxygens (including phenoxy) is 1. The highest BCUT2D eigenvalue weighted by molar-refractivity contribution is 14.0. The molecule has 0 spiro atoms. The van der Waals surface area contributed by atoms with Crippen LogP contribution in [0.2, 0.25) is 0 Å². The number of esters is 1. The third kappa shape index (κ3) is 7.55. The van der Waals surface area contributed by atoms with Gasteiger partial charge >= 0.3 is 5.97 Å². The second-order valence-corrected chi connectivity index (χ2v) is 5.64. The largest absolute Gasteiger partial charge is 0.465 e. The molecule has 0 amide bonds. The number of hydrogen-bond donors (Lipinski definition) is 2. The van der Waals surface area contributed by atoms with Gasteiger partial charge in [-0.15, -0.1) is 24.0 Å². The highest BCUT2D eigenvalue weighted by Gasteiger charge is 2.15. The normalized spacial score (nSPS) is 12.3. The molecule has 1 aromatic rings. The first-order chi connectivity index (χ1) is 11.0. The van der Waals surface area contributed by atoms with Crippen LogP contribution >= 0.6 is 24.0 Å². The van der Waals surface area contributed by atoms with E-state index in [4.69, 9.17) is 9.15 Å². The van der Waals surface area contributed by atoms with Gasteiger partial charge in [0.25, 0.3) is 0 Å². The quantitative estimate of drug-likeness (QED) is 0.208. The molecule has 7 heteroatoms. The van der Waals surface area contributed by atoms with Crippen LogP contribution in [0.25, 0.3) is 0 Å². The lowest BCUT2D eigenvalue weighted by atomic mass is 10.1. The average Bonchev–Trinajstić information content (AvgIpc) is 2.91. The SMILES string of the molecule is CCCCCC(C)NC(=NC)NCc1cc(C(=O)OC)c(C)o1.I. The molecule has 0 saturated carbocycles. The summed E-state index contributed by atoms with van der Waals surface area (Å²) in [6.45, 7) is 6.55. The predicted molar refractivity (Wildman–Crippen MR) is 107 cm³/mol. The van der Waals surface area contributed by atoms with Crippen molar-refractivity contribution in [3.63, 3.8) is 0 Å². The van der Waals surface area contributed by atoms with E-state index in [2.05, 4.69) is 29.5 Å². The molecule has 1 rings (SSSR count). The number of carbonyl (C=O) groups is 1. The first-order valence-corrected chi connectivity index (χ1v) is 8.16. The fourth-order valence-corrected chi connectivity index (χ4v) is 2.31. The van der Waals surface area contributed by atoms with E-state index in [-0.39, 0.29) is 29.9 Å². The zero-order chi connectivity index (χ0) is 17.2. The summed E-state index contributed by atoms with van der Waals surface area (Å²) in [5, 5.41) is 6.55. The number of rotatable bonds is 8. The van der Waals surface area contributed by atoms with Crippen molar-refractivity contribution in [2.24, 2.45) is 4.99 Å². The Morgan fingerprint density at radius 3 is 2.71 bits per heavy atom. The lowest BCUT2D eigenvalue weighted by molar-refractivity contribution is 0.0599. The maximum atomic E-state index is 11.6. The Labute approximate surface area is 161 Å². The number of guanidine groups is 1. The molecule has 0 fully saturated rings. The Morgan fingerprint density at radius 1 is 1.42 bits per heavy atom. The number of halogens is 1. The predicted octanol–water partition coefficient (Wildman–Crippen LogP) is 3.63. The third-order valence-corrected chi connectivity index (χ3v) is 3.65. The van der Waals surface area contributed by atoms with E-state index >= 15 is 0 Å². The van der Waals surface area contributed by atoms with Crippen LogP contribution < -0.4 is 10.6 Å². The zero-order valence-corrected chi connectivity index (χ0v) is 17.6. The standard InChI is InChI=1S/C17H29N3O3.HI/c1-6-7-8-9-12(2)20-17(18-4)19-11-14-10-15(13(3)23-14)16(21)22-5;/h10,12H,6-9,11H2,1-5H3,(H2,18,19,20);1H. The summed E-state index contributed by atoms with van der Waals surface area (Å²) in [6, 6.07) is 2.06. The average molecular weight is 451 g/mol. The van der Waals surface area contributed by atoms with Gasteiger partial charge < -0.3 is 19.8 Å². The summed E-state index contributed by atoms with van der Waals surface area (Å²) in [6.07, 6.45) is 4.79. The number of carbonyl (C=O) groups excluding carboxylic acids is 1. The Balaban J connectivity index is 0.00000529. The second-order valence-electron chi connectivity index (χ2n) is 5.64. The van der Waals surface area contributed by atoms with E-state index in [1.807, 2.05) is 0 Å². The molecule has 1 heterocycles. The van der Waals surface area contributed by atoms with E-state index in [1.54, 1.807) is 20.0 Å². The zero-order valence-electron chi connectivity index (χ0n) is 15.3. The third-order valence-electron chi connectivity index (χ3n) is 3.65. The molecule has 2 N–H and O–H groups in total. The molecule has 0 aromatic carbocycles. The van der Waals surface area contributed by atoms with Crippen molar-refractivity contribution in [2.45, 2.75) is 59.0 Å². The van der Waals surface area contributed by atoms with Gasteiger partial charge in [0.1, 0.15) is 17.1 Å². The summed E-state index contributed by atoms with van der Waals surface area (Å²) in [4.78, 5) is 15.8. The molecule has 1 atom stereocenters. The molecule has 1 unspecified atom stereocenters. The molecule has 0 aliphatic carbocycles. The number of furan rings is 1. The number of aliphatic imine (C=N–C) groups is 1. The van der Waals surface area contributed by atoms with Crippen molar-refractivity contribution in [1.82, 2.24) is 10.6 Å². The highest BCUT2D eigenvalue weighted by atomic mass is 127. The van der Waals surface area contributed by atoms with Crippen molar-refractivity contribution < 1.29 is 13.9 Å². The molecule has 1 aromatic heterocycles.